The lowest BCUT2D eigenvalue weighted by Gasteiger charge is -2.36. The molecule has 5 nitrogen and oxygen atoms in total. The Balaban J connectivity index is 2.49. The third-order valence-electron chi connectivity index (χ3n) is 3.11. The van der Waals surface area contributed by atoms with Crippen LogP contribution in [0.3, 0.4) is 0 Å². The molecule has 1 aliphatic heterocycles. The maximum atomic E-state index is 11.1. The summed E-state index contributed by atoms with van der Waals surface area (Å²) in [6.45, 7) is 7.20. The van der Waals surface area contributed by atoms with Crippen LogP contribution in [-0.4, -0.2) is 59.9 Å². The van der Waals surface area contributed by atoms with Gasteiger partial charge in [-0.2, -0.15) is 0 Å². The van der Waals surface area contributed by atoms with Gasteiger partial charge in [-0.1, -0.05) is 13.8 Å². The fourth-order valence-electron chi connectivity index (χ4n) is 2.24. The Hall–Kier alpha value is -0.650. The number of likely N-dealkylation sites (tertiary alicyclic amines) is 1. The van der Waals surface area contributed by atoms with Crippen LogP contribution in [0.4, 0.5) is 0 Å². The van der Waals surface area contributed by atoms with E-state index in [-0.39, 0.29) is 18.6 Å². The monoisotopic (exact) mass is 244 g/mol. The minimum atomic E-state index is -0.732. The zero-order valence-electron chi connectivity index (χ0n) is 10.7. The summed E-state index contributed by atoms with van der Waals surface area (Å²) in [6.07, 6.45) is 0.685. The van der Waals surface area contributed by atoms with Gasteiger partial charge in [0.25, 0.3) is 0 Å². The van der Waals surface area contributed by atoms with Crippen molar-refractivity contribution in [3.8, 4) is 0 Å². The molecule has 3 N–H and O–H groups in total. The van der Waals surface area contributed by atoms with Crippen LogP contribution in [0.1, 0.15) is 20.3 Å². The van der Waals surface area contributed by atoms with Crippen LogP contribution in [0.2, 0.25) is 0 Å². The molecule has 1 saturated heterocycles. The van der Waals surface area contributed by atoms with Crippen LogP contribution in [-0.2, 0) is 4.79 Å². The average Bonchev–Trinajstić information content (AvgIpc) is 2.26. The lowest BCUT2D eigenvalue weighted by Crippen LogP contribution is -2.52. The summed E-state index contributed by atoms with van der Waals surface area (Å²) >= 11 is 0. The van der Waals surface area contributed by atoms with Gasteiger partial charge in [0, 0.05) is 25.7 Å². The van der Waals surface area contributed by atoms with E-state index in [1.54, 1.807) is 0 Å². The highest BCUT2D eigenvalue weighted by atomic mass is 16.4. The van der Waals surface area contributed by atoms with Crippen molar-refractivity contribution < 1.29 is 15.0 Å². The van der Waals surface area contributed by atoms with Gasteiger partial charge in [-0.05, 0) is 18.9 Å². The van der Waals surface area contributed by atoms with Crippen LogP contribution < -0.4 is 5.32 Å². The highest BCUT2D eigenvalue weighted by Crippen LogP contribution is 2.17. The third kappa shape index (κ3) is 5.02. The Morgan fingerprint density at radius 3 is 2.71 bits per heavy atom. The highest BCUT2D eigenvalue weighted by Gasteiger charge is 2.30. The largest absolute Gasteiger partial charge is 0.481 e. The van der Waals surface area contributed by atoms with E-state index in [1.807, 2.05) is 4.90 Å². The zero-order valence-corrected chi connectivity index (χ0v) is 10.7. The first-order chi connectivity index (χ1) is 8.02. The van der Waals surface area contributed by atoms with Crippen molar-refractivity contribution in [3.05, 3.63) is 0 Å². The molecule has 0 aromatic carbocycles. The zero-order chi connectivity index (χ0) is 12.8. The van der Waals surface area contributed by atoms with E-state index < -0.39 is 5.97 Å². The fourth-order valence-corrected chi connectivity index (χ4v) is 2.24. The van der Waals surface area contributed by atoms with Crippen LogP contribution in [0.5, 0.6) is 0 Å². The van der Waals surface area contributed by atoms with Gasteiger partial charge < -0.3 is 15.5 Å². The summed E-state index contributed by atoms with van der Waals surface area (Å²) < 4.78 is 0. The van der Waals surface area contributed by atoms with Crippen molar-refractivity contribution in [2.24, 2.45) is 11.8 Å². The molecule has 1 heterocycles. The first-order valence-corrected chi connectivity index (χ1v) is 6.32. The van der Waals surface area contributed by atoms with E-state index in [9.17, 15) is 4.79 Å². The van der Waals surface area contributed by atoms with Gasteiger partial charge in [0.05, 0.1) is 12.5 Å². The number of nitrogens with one attached hydrogen (secondary N) is 1. The molecular formula is C12H24N2O3. The number of aliphatic hydroxyl groups excluding tert-OH is 1. The summed E-state index contributed by atoms with van der Waals surface area (Å²) in [6, 6.07) is 0.221. The SMILES string of the molecule is CC(C)CNC1CC(C(=O)O)CN(CCO)C1. The summed E-state index contributed by atoms with van der Waals surface area (Å²) in [5.41, 5.74) is 0. The maximum Gasteiger partial charge on any atom is 0.307 e. The number of carboxylic acid groups (broad SMARTS) is 1. The molecular weight excluding hydrogens is 220 g/mol. The number of hydrogen-bond donors (Lipinski definition) is 3. The molecule has 1 fully saturated rings. The number of hydrogen-bond acceptors (Lipinski definition) is 4. The van der Waals surface area contributed by atoms with Gasteiger partial charge in [0.2, 0.25) is 0 Å². The molecule has 0 spiro atoms. The van der Waals surface area contributed by atoms with Crippen molar-refractivity contribution in [2.45, 2.75) is 26.3 Å². The van der Waals surface area contributed by atoms with E-state index in [0.29, 0.717) is 25.4 Å². The number of β-amino-alcohol motifs (C(OH)–C–C–N with tert-alkyl or cyclic N) is 1. The first-order valence-electron chi connectivity index (χ1n) is 6.32. The van der Waals surface area contributed by atoms with Gasteiger partial charge in [0.15, 0.2) is 0 Å². The smallest absolute Gasteiger partial charge is 0.307 e. The molecule has 0 aliphatic carbocycles. The number of aliphatic carboxylic acids is 1. The molecule has 100 valence electrons. The predicted molar refractivity (Wildman–Crippen MR) is 65.9 cm³/mol. The third-order valence-corrected chi connectivity index (χ3v) is 3.11. The normalized spacial score (nSPS) is 26.4. The lowest BCUT2D eigenvalue weighted by atomic mass is 9.94. The van der Waals surface area contributed by atoms with Crippen LogP contribution in [0, 0.1) is 11.8 Å². The molecule has 5 heteroatoms. The van der Waals surface area contributed by atoms with Gasteiger partial charge in [0.1, 0.15) is 0 Å². The Morgan fingerprint density at radius 2 is 2.18 bits per heavy atom. The fraction of sp³-hybridized carbons (Fsp3) is 0.917. The first kappa shape index (κ1) is 14.4. The molecule has 0 aromatic rings. The number of rotatable bonds is 6. The van der Waals surface area contributed by atoms with Crippen LogP contribution >= 0.6 is 0 Å². The molecule has 1 aliphatic rings. The molecule has 0 bridgehead atoms. The number of nitrogens with zero attached hydrogens (tertiary/aromatic N) is 1. The Labute approximate surface area is 103 Å². The van der Waals surface area contributed by atoms with Crippen LogP contribution in [0.15, 0.2) is 0 Å². The Kier molecular flexibility index (Phi) is 5.88. The summed E-state index contributed by atoms with van der Waals surface area (Å²) in [4.78, 5) is 13.1. The molecule has 2 unspecified atom stereocenters. The van der Waals surface area contributed by atoms with Crippen molar-refractivity contribution in [1.29, 1.82) is 0 Å². The summed E-state index contributed by atoms with van der Waals surface area (Å²) in [7, 11) is 0. The Bertz CT molecular complexity index is 246. The summed E-state index contributed by atoms with van der Waals surface area (Å²) in [5, 5.41) is 21.4. The standard InChI is InChI=1S/C12H24N2O3/c1-9(2)6-13-11-5-10(12(16)17)7-14(8-11)3-4-15/h9-11,13,15H,3-8H2,1-2H3,(H,16,17). The minimum Gasteiger partial charge on any atom is -0.481 e. The number of piperidine rings is 1. The molecule has 0 saturated carbocycles. The lowest BCUT2D eigenvalue weighted by molar-refractivity contribution is -0.144. The van der Waals surface area contributed by atoms with Crippen molar-refractivity contribution in [3.63, 3.8) is 0 Å². The summed E-state index contributed by atoms with van der Waals surface area (Å²) in [5.74, 6) is -0.490. The van der Waals surface area contributed by atoms with Gasteiger partial charge in [-0.15, -0.1) is 0 Å². The van der Waals surface area contributed by atoms with E-state index in [2.05, 4.69) is 19.2 Å². The molecule has 17 heavy (non-hydrogen) atoms. The molecule has 2 atom stereocenters. The van der Waals surface area contributed by atoms with E-state index in [1.165, 1.54) is 0 Å². The van der Waals surface area contributed by atoms with Gasteiger partial charge >= 0.3 is 5.97 Å². The second-order valence-corrected chi connectivity index (χ2v) is 5.25. The van der Waals surface area contributed by atoms with Crippen LogP contribution in [0.25, 0.3) is 0 Å². The van der Waals surface area contributed by atoms with Gasteiger partial charge in [-0.3, -0.25) is 9.69 Å². The highest BCUT2D eigenvalue weighted by molar-refractivity contribution is 5.70. The number of carbonyl (C=O) groups is 1. The molecule has 0 amide bonds. The number of aliphatic hydroxyl groups is 1. The maximum absolute atomic E-state index is 11.1. The van der Waals surface area contributed by atoms with Crippen molar-refractivity contribution in [1.82, 2.24) is 10.2 Å². The minimum absolute atomic E-state index is 0.0865. The molecule has 0 aromatic heterocycles. The molecule has 0 radical (unpaired) electrons. The van der Waals surface area contributed by atoms with E-state index in [4.69, 9.17) is 10.2 Å². The van der Waals surface area contributed by atoms with E-state index in [0.717, 1.165) is 13.1 Å². The van der Waals surface area contributed by atoms with Crippen molar-refractivity contribution >= 4 is 5.97 Å². The molecule has 1 rings (SSSR count). The van der Waals surface area contributed by atoms with Gasteiger partial charge in [-0.25, -0.2) is 0 Å². The van der Waals surface area contributed by atoms with Crippen molar-refractivity contribution in [2.75, 3.05) is 32.8 Å². The van der Waals surface area contributed by atoms with E-state index >= 15 is 0 Å². The quantitative estimate of drug-likeness (QED) is 0.613. The second-order valence-electron chi connectivity index (χ2n) is 5.25. The topological polar surface area (TPSA) is 72.8 Å². The predicted octanol–water partition coefficient (Wildman–Crippen LogP) is -0.000600. The second kappa shape index (κ2) is 6.93. The average molecular weight is 244 g/mol. The number of carboxylic acids is 1. The Morgan fingerprint density at radius 1 is 1.47 bits per heavy atom.